The van der Waals surface area contributed by atoms with Crippen LogP contribution in [-0.2, 0) is 0 Å². The molecule has 1 atom stereocenters. The van der Waals surface area contributed by atoms with Gasteiger partial charge < -0.3 is 9.84 Å². The molecule has 1 aliphatic heterocycles. The van der Waals surface area contributed by atoms with Gasteiger partial charge in [-0.25, -0.2) is 9.18 Å². The summed E-state index contributed by atoms with van der Waals surface area (Å²) in [6, 6.07) is 11.7. The molecule has 5 heteroatoms. The lowest BCUT2D eigenvalue weighted by Crippen LogP contribution is -2.12. The Kier molecular flexibility index (Phi) is 3.84. The highest BCUT2D eigenvalue weighted by atomic mass is 32.2. The third kappa shape index (κ3) is 2.88. The second kappa shape index (κ2) is 5.77. The minimum atomic E-state index is -1.19. The van der Waals surface area contributed by atoms with E-state index in [0.29, 0.717) is 6.61 Å². The van der Waals surface area contributed by atoms with E-state index in [-0.39, 0.29) is 17.2 Å². The molecular weight excluding hydrogens is 291 g/mol. The first kappa shape index (κ1) is 13.9. The van der Waals surface area contributed by atoms with E-state index < -0.39 is 11.8 Å². The van der Waals surface area contributed by atoms with Gasteiger partial charge in [-0.3, -0.25) is 0 Å². The molecule has 1 N–H and O–H groups in total. The molecule has 3 rings (SSSR count). The van der Waals surface area contributed by atoms with Gasteiger partial charge in [-0.05, 0) is 29.8 Å². The molecule has 0 saturated heterocycles. The van der Waals surface area contributed by atoms with Crippen molar-refractivity contribution in [3.05, 3.63) is 59.4 Å². The zero-order valence-corrected chi connectivity index (χ0v) is 11.9. The van der Waals surface area contributed by atoms with Gasteiger partial charge in [0, 0.05) is 16.6 Å². The van der Waals surface area contributed by atoms with Crippen LogP contribution < -0.4 is 4.74 Å². The maximum absolute atomic E-state index is 13.1. The number of thioether (sulfide) groups is 1. The Hall–Kier alpha value is -2.01. The van der Waals surface area contributed by atoms with Crippen LogP contribution in [0.5, 0.6) is 5.75 Å². The average molecular weight is 304 g/mol. The van der Waals surface area contributed by atoms with Crippen molar-refractivity contribution in [1.29, 1.82) is 0 Å². The molecule has 1 unspecified atom stereocenters. The summed E-state index contributed by atoms with van der Waals surface area (Å²) in [5.74, 6) is -0.438. The molecule has 0 amide bonds. The molecule has 21 heavy (non-hydrogen) atoms. The number of ether oxygens (including phenoxy) is 1. The lowest BCUT2D eigenvalue weighted by atomic mass is 10.0. The maximum atomic E-state index is 13.1. The zero-order valence-electron chi connectivity index (χ0n) is 11.1. The van der Waals surface area contributed by atoms with E-state index in [0.717, 1.165) is 11.8 Å². The van der Waals surface area contributed by atoms with Gasteiger partial charge in [0.15, 0.2) is 0 Å². The first-order chi connectivity index (χ1) is 10.1. The van der Waals surface area contributed by atoms with Crippen LogP contribution >= 0.6 is 11.8 Å². The first-order valence-corrected chi connectivity index (χ1v) is 7.51. The van der Waals surface area contributed by atoms with Crippen LogP contribution in [0.25, 0.3) is 0 Å². The summed E-state index contributed by atoms with van der Waals surface area (Å²) < 4.78 is 18.8. The molecule has 1 heterocycles. The summed E-state index contributed by atoms with van der Waals surface area (Å²) >= 11 is 1.77. The van der Waals surface area contributed by atoms with Crippen molar-refractivity contribution in [1.82, 2.24) is 0 Å². The minimum Gasteiger partial charge on any atom is -0.492 e. The molecule has 0 aromatic heterocycles. The molecule has 1 aliphatic rings. The molecule has 0 saturated carbocycles. The minimum absolute atomic E-state index is 0.145. The van der Waals surface area contributed by atoms with Crippen LogP contribution in [0.1, 0.15) is 21.8 Å². The molecule has 0 bridgehead atoms. The van der Waals surface area contributed by atoms with Gasteiger partial charge in [-0.15, -0.1) is 11.8 Å². The molecule has 0 aliphatic carbocycles. The molecule has 0 spiro atoms. The number of benzene rings is 2. The largest absolute Gasteiger partial charge is 0.492 e. The number of halogens is 1. The highest BCUT2D eigenvalue weighted by Gasteiger charge is 2.24. The summed E-state index contributed by atoms with van der Waals surface area (Å²) in [6.45, 7) is 0.385. The molecule has 0 radical (unpaired) electrons. The van der Waals surface area contributed by atoms with Crippen LogP contribution in [0.15, 0.2) is 47.4 Å². The number of hydrogen-bond acceptors (Lipinski definition) is 3. The quantitative estimate of drug-likeness (QED) is 0.933. The van der Waals surface area contributed by atoms with Crippen LogP contribution in [0.3, 0.4) is 0 Å². The Balaban J connectivity index is 1.76. The molecule has 3 nitrogen and oxygen atoms in total. The SMILES string of the molecule is O=C(O)c1cc(F)ccc1OCC1CSc2ccccc21. The van der Waals surface area contributed by atoms with Crippen molar-refractivity contribution in [3.8, 4) is 5.75 Å². The fourth-order valence-electron chi connectivity index (χ4n) is 2.35. The summed E-state index contributed by atoms with van der Waals surface area (Å²) in [5, 5.41) is 9.09. The van der Waals surface area contributed by atoms with E-state index in [9.17, 15) is 9.18 Å². The Morgan fingerprint density at radius 3 is 2.95 bits per heavy atom. The summed E-state index contributed by atoms with van der Waals surface area (Å²) in [7, 11) is 0. The summed E-state index contributed by atoms with van der Waals surface area (Å²) in [6.07, 6.45) is 0. The van der Waals surface area contributed by atoms with E-state index in [1.807, 2.05) is 12.1 Å². The van der Waals surface area contributed by atoms with E-state index in [1.165, 1.54) is 22.6 Å². The van der Waals surface area contributed by atoms with Gasteiger partial charge in [0.25, 0.3) is 0 Å². The third-order valence-corrected chi connectivity index (χ3v) is 4.66. The second-order valence-electron chi connectivity index (χ2n) is 4.80. The number of fused-ring (bicyclic) bond motifs is 1. The van der Waals surface area contributed by atoms with E-state index in [1.54, 1.807) is 11.8 Å². The predicted octanol–water partition coefficient (Wildman–Crippen LogP) is 3.79. The lowest BCUT2D eigenvalue weighted by Gasteiger charge is -2.14. The van der Waals surface area contributed by atoms with Gasteiger partial charge >= 0.3 is 5.97 Å². The Labute approximate surface area is 125 Å². The highest BCUT2D eigenvalue weighted by molar-refractivity contribution is 7.99. The summed E-state index contributed by atoms with van der Waals surface area (Å²) in [4.78, 5) is 12.4. The van der Waals surface area contributed by atoms with E-state index >= 15 is 0 Å². The fourth-order valence-corrected chi connectivity index (χ4v) is 3.59. The molecule has 0 fully saturated rings. The average Bonchev–Trinajstić information content (AvgIpc) is 2.89. The predicted molar refractivity (Wildman–Crippen MR) is 78.8 cm³/mol. The Bertz CT molecular complexity index is 687. The van der Waals surface area contributed by atoms with Gasteiger partial charge in [-0.2, -0.15) is 0 Å². The van der Waals surface area contributed by atoms with E-state index in [2.05, 4.69) is 12.1 Å². The standard InChI is InChI=1S/C16H13FO3S/c17-11-5-6-14(13(7-11)16(18)19)20-8-10-9-21-15-4-2-1-3-12(10)15/h1-7,10H,8-9H2,(H,18,19). The Morgan fingerprint density at radius 1 is 1.33 bits per heavy atom. The second-order valence-corrected chi connectivity index (χ2v) is 5.86. The van der Waals surface area contributed by atoms with Crippen molar-refractivity contribution in [2.45, 2.75) is 10.8 Å². The third-order valence-electron chi connectivity index (χ3n) is 3.41. The number of carboxylic acids is 1. The normalized spacial score (nSPS) is 16.5. The van der Waals surface area contributed by atoms with E-state index in [4.69, 9.17) is 9.84 Å². The van der Waals surface area contributed by atoms with Crippen LogP contribution in [0.2, 0.25) is 0 Å². The maximum Gasteiger partial charge on any atom is 0.339 e. The molecule has 2 aromatic rings. The summed E-state index contributed by atoms with van der Waals surface area (Å²) in [5.41, 5.74) is 1.08. The highest BCUT2D eigenvalue weighted by Crippen LogP contribution is 2.39. The molecule has 108 valence electrons. The number of carboxylic acid groups (broad SMARTS) is 1. The van der Waals surface area contributed by atoms with Gasteiger partial charge in [0.05, 0.1) is 6.61 Å². The van der Waals surface area contributed by atoms with Crippen molar-refractivity contribution in [2.24, 2.45) is 0 Å². The number of hydrogen-bond donors (Lipinski definition) is 1. The van der Waals surface area contributed by atoms with Gasteiger partial charge in [0.2, 0.25) is 0 Å². The lowest BCUT2D eigenvalue weighted by molar-refractivity contribution is 0.0691. The number of aromatic carboxylic acids is 1. The molecular formula is C16H13FO3S. The van der Waals surface area contributed by atoms with Crippen molar-refractivity contribution >= 4 is 17.7 Å². The smallest absolute Gasteiger partial charge is 0.339 e. The fraction of sp³-hybridized carbons (Fsp3) is 0.188. The van der Waals surface area contributed by atoms with Crippen LogP contribution in [0, 0.1) is 5.82 Å². The van der Waals surface area contributed by atoms with Gasteiger partial charge in [0.1, 0.15) is 17.1 Å². The topological polar surface area (TPSA) is 46.5 Å². The van der Waals surface area contributed by atoms with Gasteiger partial charge in [-0.1, -0.05) is 18.2 Å². The zero-order chi connectivity index (χ0) is 14.8. The van der Waals surface area contributed by atoms with Crippen molar-refractivity contribution in [2.75, 3.05) is 12.4 Å². The first-order valence-electron chi connectivity index (χ1n) is 6.52. The number of carbonyl (C=O) groups is 1. The Morgan fingerprint density at radius 2 is 2.14 bits per heavy atom. The van der Waals surface area contributed by atoms with Crippen molar-refractivity contribution < 1.29 is 19.0 Å². The van der Waals surface area contributed by atoms with Crippen molar-refractivity contribution in [3.63, 3.8) is 0 Å². The van der Waals surface area contributed by atoms with Crippen LogP contribution in [0.4, 0.5) is 4.39 Å². The van der Waals surface area contributed by atoms with Crippen LogP contribution in [-0.4, -0.2) is 23.4 Å². The number of rotatable bonds is 4. The monoisotopic (exact) mass is 304 g/mol. The molecule has 2 aromatic carbocycles.